The fraction of sp³-hybridized carbons (Fsp3) is 0.500. The number of aliphatic hydroxyl groups is 1. The van der Waals surface area contributed by atoms with E-state index in [1.807, 2.05) is 0 Å². The van der Waals surface area contributed by atoms with E-state index in [0.717, 1.165) is 0 Å². The Hall–Kier alpha value is -1.32. The van der Waals surface area contributed by atoms with Crippen LogP contribution < -0.4 is 0 Å². The summed E-state index contributed by atoms with van der Waals surface area (Å²) in [7, 11) is 0. The second kappa shape index (κ2) is 4.54. The smallest absolute Gasteiger partial charge is 0.345 e. The molecule has 0 aromatic rings. The number of ketones is 1. The molecule has 0 rings (SSSR count). The Balaban J connectivity index is 4.67. The molecule has 0 saturated carbocycles. The Labute approximate surface area is 70.8 Å². The summed E-state index contributed by atoms with van der Waals surface area (Å²) >= 11 is 0. The predicted octanol–water partition coefficient (Wildman–Crippen LogP) is 0.971. The number of hydrogen-bond acceptors (Lipinski definition) is 4. The van der Waals surface area contributed by atoms with Gasteiger partial charge in [-0.1, -0.05) is 0 Å². The summed E-state index contributed by atoms with van der Waals surface area (Å²) in [5.74, 6) is -1.57. The molecule has 0 atom stereocenters. The summed E-state index contributed by atoms with van der Waals surface area (Å²) in [6.07, 6.45) is 0. The van der Waals surface area contributed by atoms with Crippen molar-refractivity contribution in [3.63, 3.8) is 0 Å². The maximum absolute atomic E-state index is 11.0. The van der Waals surface area contributed by atoms with Gasteiger partial charge in [0.05, 0.1) is 6.61 Å². The number of allylic oxidation sites excluding steroid dienone is 1. The molecule has 0 aromatic carbocycles. The highest BCUT2D eigenvalue weighted by atomic mass is 16.5. The molecule has 0 aromatic heterocycles. The minimum atomic E-state index is -0.773. The van der Waals surface area contributed by atoms with Crippen LogP contribution in [-0.2, 0) is 14.3 Å². The first-order valence-electron chi connectivity index (χ1n) is 3.58. The van der Waals surface area contributed by atoms with Crippen LogP contribution in [0, 0.1) is 0 Å². The molecule has 0 spiro atoms. The van der Waals surface area contributed by atoms with E-state index in [0.29, 0.717) is 0 Å². The Morgan fingerprint density at radius 1 is 1.33 bits per heavy atom. The molecule has 1 N–H and O–H groups in total. The maximum atomic E-state index is 11.0. The summed E-state index contributed by atoms with van der Waals surface area (Å²) in [6.45, 7) is 4.28. The number of rotatable bonds is 3. The molecule has 0 saturated heterocycles. The van der Waals surface area contributed by atoms with Crippen LogP contribution in [0.1, 0.15) is 20.8 Å². The molecule has 68 valence electrons. The van der Waals surface area contributed by atoms with Crippen LogP contribution in [0.2, 0.25) is 0 Å². The molecule has 12 heavy (non-hydrogen) atoms. The van der Waals surface area contributed by atoms with Gasteiger partial charge in [-0.05, 0) is 20.8 Å². The number of esters is 1. The number of aliphatic hydroxyl groups excluding tert-OH is 1. The van der Waals surface area contributed by atoms with E-state index in [1.54, 1.807) is 6.92 Å². The highest BCUT2D eigenvalue weighted by Gasteiger charge is 2.18. The van der Waals surface area contributed by atoms with Gasteiger partial charge in [0.15, 0.2) is 5.78 Å². The normalized spacial score (nSPS) is 11.9. The van der Waals surface area contributed by atoms with E-state index in [-0.39, 0.29) is 17.9 Å². The van der Waals surface area contributed by atoms with Crippen molar-refractivity contribution in [2.24, 2.45) is 0 Å². The zero-order valence-corrected chi connectivity index (χ0v) is 7.38. The van der Waals surface area contributed by atoms with Crippen LogP contribution >= 0.6 is 0 Å². The number of ether oxygens (including phenoxy) is 1. The second-order valence-electron chi connectivity index (χ2n) is 2.24. The fourth-order valence-corrected chi connectivity index (χ4v) is 0.749. The molecule has 0 radical (unpaired) electrons. The van der Waals surface area contributed by atoms with Gasteiger partial charge in [-0.2, -0.15) is 0 Å². The van der Waals surface area contributed by atoms with Gasteiger partial charge in [0.1, 0.15) is 11.3 Å². The third kappa shape index (κ3) is 2.74. The fourth-order valence-electron chi connectivity index (χ4n) is 0.749. The van der Waals surface area contributed by atoms with Crippen LogP contribution in [0.3, 0.4) is 0 Å². The highest BCUT2D eigenvalue weighted by molar-refractivity contribution is 6.16. The Morgan fingerprint density at radius 3 is 2.08 bits per heavy atom. The molecular weight excluding hydrogens is 160 g/mol. The molecule has 0 heterocycles. The standard InChI is InChI=1S/C8H12O4/c1-4-12-8(11)7(5(2)9)6(3)10/h9H,4H2,1-3H3/b7-5+. The van der Waals surface area contributed by atoms with Gasteiger partial charge in [-0.15, -0.1) is 0 Å². The molecule has 4 heteroatoms. The largest absolute Gasteiger partial charge is 0.512 e. The molecule has 0 fully saturated rings. The van der Waals surface area contributed by atoms with Crippen LogP contribution in [0.15, 0.2) is 11.3 Å². The molecule has 0 aliphatic heterocycles. The van der Waals surface area contributed by atoms with E-state index in [9.17, 15) is 9.59 Å². The van der Waals surface area contributed by atoms with Gasteiger partial charge >= 0.3 is 5.97 Å². The van der Waals surface area contributed by atoms with Crippen LogP contribution in [0.4, 0.5) is 0 Å². The highest BCUT2D eigenvalue weighted by Crippen LogP contribution is 2.04. The molecule has 0 unspecified atom stereocenters. The van der Waals surface area contributed by atoms with Crippen molar-refractivity contribution in [1.29, 1.82) is 0 Å². The third-order valence-corrected chi connectivity index (χ3v) is 1.19. The first kappa shape index (κ1) is 10.7. The van der Waals surface area contributed by atoms with Gasteiger partial charge in [-0.25, -0.2) is 4.79 Å². The maximum Gasteiger partial charge on any atom is 0.345 e. The zero-order chi connectivity index (χ0) is 9.72. The van der Waals surface area contributed by atoms with Gasteiger partial charge < -0.3 is 9.84 Å². The summed E-state index contributed by atoms with van der Waals surface area (Å²) in [5.41, 5.74) is -0.281. The Morgan fingerprint density at radius 2 is 1.83 bits per heavy atom. The predicted molar refractivity (Wildman–Crippen MR) is 42.6 cm³/mol. The molecule has 0 aliphatic rings. The van der Waals surface area contributed by atoms with E-state index < -0.39 is 11.8 Å². The van der Waals surface area contributed by atoms with Crippen LogP contribution in [-0.4, -0.2) is 23.5 Å². The lowest BCUT2D eigenvalue weighted by Gasteiger charge is -2.03. The number of Topliss-reactive ketones (excluding diaryl/α,β-unsaturated/α-hetero) is 1. The topological polar surface area (TPSA) is 63.6 Å². The Bertz CT molecular complexity index is 223. The van der Waals surface area contributed by atoms with Crippen molar-refractivity contribution in [3.05, 3.63) is 11.3 Å². The molecule has 0 amide bonds. The first-order valence-corrected chi connectivity index (χ1v) is 3.58. The monoisotopic (exact) mass is 172 g/mol. The SMILES string of the molecule is CCOC(=O)/C(C(C)=O)=C(\C)O. The van der Waals surface area contributed by atoms with Crippen molar-refractivity contribution in [2.75, 3.05) is 6.61 Å². The van der Waals surface area contributed by atoms with Crippen molar-refractivity contribution >= 4 is 11.8 Å². The molecule has 4 nitrogen and oxygen atoms in total. The second-order valence-corrected chi connectivity index (χ2v) is 2.24. The number of hydrogen-bond donors (Lipinski definition) is 1. The van der Waals surface area contributed by atoms with Crippen molar-refractivity contribution in [2.45, 2.75) is 20.8 Å². The van der Waals surface area contributed by atoms with Gasteiger partial charge in [0, 0.05) is 0 Å². The van der Waals surface area contributed by atoms with Crippen molar-refractivity contribution < 1.29 is 19.4 Å². The lowest BCUT2D eigenvalue weighted by Crippen LogP contribution is -2.15. The quantitative estimate of drug-likeness (QED) is 0.226. The summed E-state index contributed by atoms with van der Waals surface area (Å²) in [5, 5.41) is 8.94. The average Bonchev–Trinajstić information content (AvgIpc) is 1.85. The van der Waals surface area contributed by atoms with E-state index >= 15 is 0 Å². The lowest BCUT2D eigenvalue weighted by molar-refractivity contribution is -0.140. The van der Waals surface area contributed by atoms with Gasteiger partial charge in [0.25, 0.3) is 0 Å². The van der Waals surface area contributed by atoms with E-state index in [1.165, 1.54) is 13.8 Å². The third-order valence-electron chi connectivity index (χ3n) is 1.19. The van der Waals surface area contributed by atoms with Crippen LogP contribution in [0.5, 0.6) is 0 Å². The average molecular weight is 172 g/mol. The summed E-state index contributed by atoms with van der Waals surface area (Å²) in [4.78, 5) is 21.7. The van der Waals surface area contributed by atoms with E-state index in [4.69, 9.17) is 5.11 Å². The Kier molecular flexibility index (Phi) is 4.04. The summed E-state index contributed by atoms with van der Waals surface area (Å²) in [6, 6.07) is 0. The molecule has 0 bridgehead atoms. The number of carbonyl (C=O) groups excluding carboxylic acids is 2. The van der Waals surface area contributed by atoms with Crippen molar-refractivity contribution in [1.82, 2.24) is 0 Å². The van der Waals surface area contributed by atoms with Crippen LogP contribution in [0.25, 0.3) is 0 Å². The van der Waals surface area contributed by atoms with Gasteiger partial charge in [0.2, 0.25) is 0 Å². The number of carbonyl (C=O) groups is 2. The zero-order valence-electron chi connectivity index (χ0n) is 7.38. The molecule has 0 aliphatic carbocycles. The van der Waals surface area contributed by atoms with Crippen molar-refractivity contribution in [3.8, 4) is 0 Å². The van der Waals surface area contributed by atoms with Gasteiger partial charge in [-0.3, -0.25) is 4.79 Å². The minimum Gasteiger partial charge on any atom is -0.512 e. The molecular formula is C8H12O4. The van der Waals surface area contributed by atoms with E-state index in [2.05, 4.69) is 4.74 Å². The first-order chi connectivity index (χ1) is 5.50. The lowest BCUT2D eigenvalue weighted by atomic mass is 10.1. The minimum absolute atomic E-state index is 0.183. The summed E-state index contributed by atoms with van der Waals surface area (Å²) < 4.78 is 4.55.